The maximum Gasteiger partial charge on any atom is 0.359 e. The van der Waals surface area contributed by atoms with Gasteiger partial charge >= 0.3 is 5.97 Å². The summed E-state index contributed by atoms with van der Waals surface area (Å²) in [7, 11) is 1.72. The van der Waals surface area contributed by atoms with E-state index in [9.17, 15) is 4.79 Å². The number of ether oxygens (including phenoxy) is 1. The molecule has 1 aliphatic rings. The number of hydrogen-bond acceptors (Lipinski definition) is 4. The number of aromatic nitrogens is 2. The summed E-state index contributed by atoms with van der Waals surface area (Å²) in [4.78, 5) is 12.3. The Balaban J connectivity index is 2.12. The zero-order chi connectivity index (χ0) is 15.1. The number of carbonyl (C=O) groups excluding carboxylic acids is 1. The lowest BCUT2D eigenvalue weighted by Gasteiger charge is -2.38. The van der Waals surface area contributed by atoms with Crippen molar-refractivity contribution < 1.29 is 9.53 Å². The number of hydrogen-bond donors (Lipinski definition) is 1. The summed E-state index contributed by atoms with van der Waals surface area (Å²) in [6, 6.07) is 0. The van der Waals surface area contributed by atoms with Crippen molar-refractivity contribution in [2.45, 2.75) is 53.1 Å². The van der Waals surface area contributed by atoms with Crippen LogP contribution in [0.15, 0.2) is 0 Å². The minimum atomic E-state index is -0.361. The number of anilines is 1. The van der Waals surface area contributed by atoms with Gasteiger partial charge < -0.3 is 10.5 Å². The Hall–Kier alpha value is -1.52. The molecule has 2 rings (SSSR count). The van der Waals surface area contributed by atoms with Crippen LogP contribution in [-0.4, -0.2) is 21.9 Å². The fourth-order valence-corrected chi connectivity index (χ4v) is 3.47. The fourth-order valence-electron chi connectivity index (χ4n) is 3.47. The summed E-state index contributed by atoms with van der Waals surface area (Å²) >= 11 is 0. The summed E-state index contributed by atoms with van der Waals surface area (Å²) < 4.78 is 7.18. The molecule has 1 heterocycles. The number of nitrogen functional groups attached to an aromatic ring is 1. The molecule has 5 heteroatoms. The van der Waals surface area contributed by atoms with Crippen LogP contribution < -0.4 is 5.73 Å². The van der Waals surface area contributed by atoms with Gasteiger partial charge in [0, 0.05) is 7.05 Å². The van der Waals surface area contributed by atoms with Gasteiger partial charge in [0.2, 0.25) is 0 Å². The summed E-state index contributed by atoms with van der Waals surface area (Å²) in [6.07, 6.45) is 2.97. The summed E-state index contributed by atoms with van der Waals surface area (Å²) in [6.45, 7) is 8.46. The van der Waals surface area contributed by atoms with Crippen molar-refractivity contribution >= 4 is 11.7 Å². The Morgan fingerprint density at radius 3 is 2.60 bits per heavy atom. The molecule has 0 spiro atoms. The summed E-state index contributed by atoms with van der Waals surface area (Å²) in [5.74, 6) is 0.211. The second kappa shape index (κ2) is 5.11. The first-order chi connectivity index (χ1) is 9.19. The van der Waals surface area contributed by atoms with E-state index in [1.807, 2.05) is 0 Å². The van der Waals surface area contributed by atoms with Gasteiger partial charge in [0.05, 0.1) is 11.4 Å². The van der Waals surface area contributed by atoms with Crippen LogP contribution >= 0.6 is 0 Å². The zero-order valence-corrected chi connectivity index (χ0v) is 13.1. The van der Waals surface area contributed by atoms with Crippen molar-refractivity contribution in [3.8, 4) is 0 Å². The number of carbonyl (C=O) groups is 1. The van der Waals surface area contributed by atoms with Crippen LogP contribution in [0, 0.1) is 18.3 Å². The third-order valence-electron chi connectivity index (χ3n) is 4.08. The quantitative estimate of drug-likeness (QED) is 0.845. The standard InChI is InChI=1S/C15H25N3O2/c1-9-6-11(8-15(3,4)7-9)20-14(19)13-12(16)10(2)17-18(13)5/h9,11H,6-8,16H2,1-5H3. The van der Waals surface area contributed by atoms with E-state index in [1.54, 1.807) is 14.0 Å². The minimum absolute atomic E-state index is 0.0316. The number of esters is 1. The Morgan fingerprint density at radius 1 is 1.45 bits per heavy atom. The smallest absolute Gasteiger partial charge is 0.359 e. The number of aryl methyl sites for hydroxylation is 2. The molecule has 1 aromatic rings. The topological polar surface area (TPSA) is 70.1 Å². The van der Waals surface area contributed by atoms with Crippen molar-refractivity contribution in [3.05, 3.63) is 11.4 Å². The third-order valence-corrected chi connectivity index (χ3v) is 4.08. The third kappa shape index (κ3) is 2.97. The van der Waals surface area contributed by atoms with Crippen LogP contribution in [0.3, 0.4) is 0 Å². The lowest BCUT2D eigenvalue weighted by atomic mass is 9.71. The van der Waals surface area contributed by atoms with E-state index in [0.29, 0.717) is 23.0 Å². The van der Waals surface area contributed by atoms with Gasteiger partial charge in [-0.15, -0.1) is 0 Å². The molecule has 1 aliphatic carbocycles. The molecule has 2 unspecified atom stereocenters. The van der Waals surface area contributed by atoms with Gasteiger partial charge in [0.25, 0.3) is 0 Å². The van der Waals surface area contributed by atoms with Crippen molar-refractivity contribution in [2.75, 3.05) is 5.73 Å². The molecule has 112 valence electrons. The predicted molar refractivity (Wildman–Crippen MR) is 78.4 cm³/mol. The average Bonchev–Trinajstić information content (AvgIpc) is 2.49. The Labute approximate surface area is 120 Å². The molecule has 20 heavy (non-hydrogen) atoms. The second-order valence-corrected chi connectivity index (χ2v) is 6.91. The molecule has 0 amide bonds. The van der Waals surface area contributed by atoms with Gasteiger partial charge in [-0.25, -0.2) is 4.79 Å². The molecule has 0 aliphatic heterocycles. The average molecular weight is 279 g/mol. The second-order valence-electron chi connectivity index (χ2n) is 6.91. The van der Waals surface area contributed by atoms with Gasteiger partial charge in [-0.1, -0.05) is 20.8 Å². The van der Waals surface area contributed by atoms with Gasteiger partial charge in [0.15, 0.2) is 5.69 Å². The highest BCUT2D eigenvalue weighted by atomic mass is 16.5. The summed E-state index contributed by atoms with van der Waals surface area (Å²) in [5.41, 5.74) is 7.57. The lowest BCUT2D eigenvalue weighted by molar-refractivity contribution is -0.00795. The van der Waals surface area contributed by atoms with E-state index in [0.717, 1.165) is 12.8 Å². The normalized spacial score (nSPS) is 25.4. The maximum atomic E-state index is 12.3. The molecule has 5 nitrogen and oxygen atoms in total. The lowest BCUT2D eigenvalue weighted by Crippen LogP contribution is -2.34. The van der Waals surface area contributed by atoms with Crippen LogP contribution in [0.5, 0.6) is 0 Å². The van der Waals surface area contributed by atoms with Crippen molar-refractivity contribution in [1.82, 2.24) is 9.78 Å². The van der Waals surface area contributed by atoms with E-state index >= 15 is 0 Å². The van der Waals surface area contributed by atoms with E-state index in [2.05, 4.69) is 25.9 Å². The van der Waals surface area contributed by atoms with Gasteiger partial charge in [-0.05, 0) is 37.5 Å². The molecule has 0 bridgehead atoms. The maximum absolute atomic E-state index is 12.3. The molecule has 1 aromatic heterocycles. The first-order valence-electron chi connectivity index (χ1n) is 7.19. The molecule has 0 aromatic carbocycles. The predicted octanol–water partition coefficient (Wildman–Crippen LogP) is 2.68. The first-order valence-corrected chi connectivity index (χ1v) is 7.19. The van der Waals surface area contributed by atoms with Gasteiger partial charge in [-0.3, -0.25) is 4.68 Å². The molecule has 2 N–H and O–H groups in total. The van der Waals surface area contributed by atoms with E-state index in [1.165, 1.54) is 11.1 Å². The van der Waals surface area contributed by atoms with Crippen LogP contribution in [0.25, 0.3) is 0 Å². The SMILES string of the molecule is Cc1nn(C)c(C(=O)OC2CC(C)CC(C)(C)C2)c1N. The highest BCUT2D eigenvalue weighted by Gasteiger charge is 2.35. The van der Waals surface area contributed by atoms with Crippen molar-refractivity contribution in [3.63, 3.8) is 0 Å². The van der Waals surface area contributed by atoms with Crippen LogP contribution in [-0.2, 0) is 11.8 Å². The molecule has 2 atom stereocenters. The summed E-state index contributed by atoms with van der Waals surface area (Å²) in [5, 5.41) is 4.16. The Kier molecular flexibility index (Phi) is 3.80. The first kappa shape index (κ1) is 14.9. The number of rotatable bonds is 2. The molecular formula is C15H25N3O2. The highest BCUT2D eigenvalue weighted by molar-refractivity contribution is 5.93. The van der Waals surface area contributed by atoms with E-state index < -0.39 is 0 Å². The number of nitrogens with two attached hydrogens (primary N) is 1. The van der Waals surface area contributed by atoms with E-state index in [4.69, 9.17) is 10.5 Å². The van der Waals surface area contributed by atoms with Crippen LogP contribution in [0.4, 0.5) is 5.69 Å². The van der Waals surface area contributed by atoms with Crippen LogP contribution in [0.2, 0.25) is 0 Å². The van der Waals surface area contributed by atoms with Crippen LogP contribution in [0.1, 0.15) is 56.2 Å². The Bertz CT molecular complexity index is 519. The fraction of sp³-hybridized carbons (Fsp3) is 0.733. The van der Waals surface area contributed by atoms with Crippen molar-refractivity contribution in [2.24, 2.45) is 18.4 Å². The molecular weight excluding hydrogens is 254 g/mol. The Morgan fingerprint density at radius 2 is 2.10 bits per heavy atom. The van der Waals surface area contributed by atoms with Gasteiger partial charge in [0.1, 0.15) is 6.10 Å². The largest absolute Gasteiger partial charge is 0.458 e. The van der Waals surface area contributed by atoms with E-state index in [-0.39, 0.29) is 17.5 Å². The monoisotopic (exact) mass is 279 g/mol. The minimum Gasteiger partial charge on any atom is -0.458 e. The molecule has 1 fully saturated rings. The number of nitrogens with zero attached hydrogens (tertiary/aromatic N) is 2. The molecule has 1 saturated carbocycles. The van der Waals surface area contributed by atoms with Crippen molar-refractivity contribution in [1.29, 1.82) is 0 Å². The molecule has 0 saturated heterocycles. The highest BCUT2D eigenvalue weighted by Crippen LogP contribution is 2.40. The molecule has 0 radical (unpaired) electrons. The van der Waals surface area contributed by atoms with Gasteiger partial charge in [-0.2, -0.15) is 5.10 Å². The zero-order valence-electron chi connectivity index (χ0n) is 13.1.